The molecule has 2 saturated heterocycles. The molecule has 2 fully saturated rings. The highest BCUT2D eigenvalue weighted by Crippen LogP contribution is 2.23. The van der Waals surface area contributed by atoms with Crippen LogP contribution in [-0.2, 0) is 11.3 Å². The van der Waals surface area contributed by atoms with Crippen LogP contribution in [0.5, 0.6) is 0 Å². The molecule has 23 heavy (non-hydrogen) atoms. The van der Waals surface area contributed by atoms with Crippen molar-refractivity contribution in [1.29, 1.82) is 0 Å². The summed E-state index contributed by atoms with van der Waals surface area (Å²) in [4.78, 5) is 14.5. The van der Waals surface area contributed by atoms with Crippen molar-refractivity contribution in [1.82, 2.24) is 14.9 Å². The number of hydrogen-bond acceptors (Lipinski definition) is 5. The van der Waals surface area contributed by atoms with Gasteiger partial charge in [0.25, 0.3) is 0 Å². The Kier molecular flexibility index (Phi) is 5.11. The van der Waals surface area contributed by atoms with Crippen molar-refractivity contribution >= 4 is 5.78 Å². The molecule has 3 rings (SSSR count). The number of rotatable bonds is 4. The van der Waals surface area contributed by atoms with Gasteiger partial charge in [-0.15, -0.1) is 0 Å². The third kappa shape index (κ3) is 3.63. The molecule has 1 unspecified atom stereocenters. The van der Waals surface area contributed by atoms with E-state index in [0.717, 1.165) is 32.7 Å². The maximum Gasteiger partial charge on any atom is 0.165 e. The molecule has 1 atom stereocenters. The van der Waals surface area contributed by atoms with Gasteiger partial charge in [-0.1, -0.05) is 36.8 Å². The molecule has 0 bridgehead atoms. The summed E-state index contributed by atoms with van der Waals surface area (Å²) < 4.78 is 0. The topological polar surface area (TPSA) is 52.8 Å². The predicted molar refractivity (Wildman–Crippen MR) is 91.4 cm³/mol. The van der Waals surface area contributed by atoms with E-state index in [2.05, 4.69) is 27.1 Å². The SMILES string of the molecule is CC(=O)C1(N)CN(N2CCCCC2)CCN1Cc1ccccc1. The molecule has 0 aliphatic carbocycles. The van der Waals surface area contributed by atoms with Crippen molar-refractivity contribution in [2.75, 3.05) is 32.7 Å². The Morgan fingerprint density at radius 2 is 1.74 bits per heavy atom. The quantitative estimate of drug-likeness (QED) is 0.911. The molecular formula is C18H28N4O. The summed E-state index contributed by atoms with van der Waals surface area (Å²) in [5.41, 5.74) is 6.91. The Hall–Kier alpha value is -1.27. The Balaban J connectivity index is 1.73. The van der Waals surface area contributed by atoms with Crippen molar-refractivity contribution in [2.45, 2.75) is 38.4 Å². The molecule has 0 radical (unpaired) electrons. The maximum atomic E-state index is 12.3. The predicted octanol–water partition coefficient (Wildman–Crippen LogP) is 1.45. The minimum absolute atomic E-state index is 0.0511. The first-order valence-corrected chi connectivity index (χ1v) is 8.68. The largest absolute Gasteiger partial charge is 0.306 e. The van der Waals surface area contributed by atoms with Gasteiger partial charge in [0, 0.05) is 32.7 Å². The maximum absolute atomic E-state index is 12.3. The first kappa shape index (κ1) is 16.6. The number of piperidine rings is 1. The lowest BCUT2D eigenvalue weighted by Crippen LogP contribution is -2.72. The Morgan fingerprint density at radius 1 is 1.04 bits per heavy atom. The summed E-state index contributed by atoms with van der Waals surface area (Å²) >= 11 is 0. The summed E-state index contributed by atoms with van der Waals surface area (Å²) in [6.45, 7) is 6.89. The second-order valence-electron chi connectivity index (χ2n) is 6.79. The molecule has 0 amide bonds. The number of carbonyl (C=O) groups excluding carboxylic acids is 1. The first-order chi connectivity index (χ1) is 11.1. The van der Waals surface area contributed by atoms with Gasteiger partial charge in [0.15, 0.2) is 5.78 Å². The van der Waals surface area contributed by atoms with Crippen LogP contribution in [-0.4, -0.2) is 59.1 Å². The van der Waals surface area contributed by atoms with Gasteiger partial charge in [0.05, 0.1) is 6.54 Å². The zero-order chi connectivity index (χ0) is 16.3. The Morgan fingerprint density at radius 3 is 2.39 bits per heavy atom. The number of Topliss-reactive ketones (excluding diaryl/α,β-unsaturated/α-hetero) is 1. The second kappa shape index (κ2) is 7.09. The van der Waals surface area contributed by atoms with Crippen LogP contribution in [0.1, 0.15) is 31.7 Å². The van der Waals surface area contributed by atoms with E-state index in [1.165, 1.54) is 24.8 Å². The van der Waals surface area contributed by atoms with Crippen molar-refractivity contribution < 1.29 is 4.79 Å². The van der Waals surface area contributed by atoms with E-state index in [-0.39, 0.29) is 5.78 Å². The smallest absolute Gasteiger partial charge is 0.165 e. The van der Waals surface area contributed by atoms with E-state index in [1.807, 2.05) is 18.2 Å². The summed E-state index contributed by atoms with van der Waals surface area (Å²) in [6.07, 6.45) is 3.79. The monoisotopic (exact) mass is 316 g/mol. The standard InChI is InChI=1S/C18H28N4O/c1-16(23)18(19)15-22(21-10-6-3-7-11-21)13-12-20(18)14-17-8-4-2-5-9-17/h2,4-5,8-9H,3,6-7,10-15,19H2,1H3. The van der Waals surface area contributed by atoms with Crippen LogP contribution in [0.15, 0.2) is 30.3 Å². The number of ketones is 1. The Labute approximate surface area is 139 Å². The van der Waals surface area contributed by atoms with Gasteiger partial charge >= 0.3 is 0 Å². The van der Waals surface area contributed by atoms with Gasteiger partial charge in [-0.05, 0) is 25.3 Å². The van der Waals surface area contributed by atoms with Gasteiger partial charge < -0.3 is 5.73 Å². The van der Waals surface area contributed by atoms with E-state index in [9.17, 15) is 4.79 Å². The minimum atomic E-state index is -0.897. The fourth-order valence-electron chi connectivity index (χ4n) is 3.65. The molecule has 2 N–H and O–H groups in total. The normalized spacial score (nSPS) is 27.9. The van der Waals surface area contributed by atoms with Crippen molar-refractivity contribution in [3.8, 4) is 0 Å². The fourth-order valence-corrected chi connectivity index (χ4v) is 3.65. The number of nitrogens with two attached hydrogens (primary N) is 1. The van der Waals surface area contributed by atoms with Crippen LogP contribution in [0, 0.1) is 0 Å². The molecule has 5 nitrogen and oxygen atoms in total. The van der Waals surface area contributed by atoms with Crippen molar-refractivity contribution in [2.24, 2.45) is 5.73 Å². The number of hydrazine groups is 1. The van der Waals surface area contributed by atoms with E-state index < -0.39 is 5.66 Å². The molecule has 0 saturated carbocycles. The van der Waals surface area contributed by atoms with Gasteiger partial charge in [0.1, 0.15) is 5.66 Å². The second-order valence-corrected chi connectivity index (χ2v) is 6.79. The molecule has 1 aromatic rings. The number of benzene rings is 1. The molecule has 0 spiro atoms. The lowest BCUT2D eigenvalue weighted by Gasteiger charge is -2.50. The van der Waals surface area contributed by atoms with Crippen molar-refractivity contribution in [3.05, 3.63) is 35.9 Å². The highest BCUT2D eigenvalue weighted by Gasteiger charge is 2.43. The number of piperazine rings is 1. The number of carbonyl (C=O) groups is 1. The van der Waals surface area contributed by atoms with Crippen LogP contribution in [0.3, 0.4) is 0 Å². The summed E-state index contributed by atoms with van der Waals surface area (Å²) in [6, 6.07) is 10.3. The van der Waals surface area contributed by atoms with Gasteiger partial charge in [-0.3, -0.25) is 9.69 Å². The Bertz CT molecular complexity index is 529. The summed E-state index contributed by atoms with van der Waals surface area (Å²) in [5, 5.41) is 4.70. The van der Waals surface area contributed by atoms with Crippen LogP contribution < -0.4 is 5.73 Å². The fraction of sp³-hybridized carbons (Fsp3) is 0.611. The van der Waals surface area contributed by atoms with E-state index >= 15 is 0 Å². The molecular weight excluding hydrogens is 288 g/mol. The lowest BCUT2D eigenvalue weighted by molar-refractivity contribution is -0.149. The number of nitrogens with zero attached hydrogens (tertiary/aromatic N) is 3. The average molecular weight is 316 g/mol. The zero-order valence-electron chi connectivity index (χ0n) is 14.1. The highest BCUT2D eigenvalue weighted by atomic mass is 16.1. The summed E-state index contributed by atoms with van der Waals surface area (Å²) in [7, 11) is 0. The molecule has 2 aliphatic heterocycles. The molecule has 1 aromatic carbocycles. The van der Waals surface area contributed by atoms with Crippen LogP contribution >= 0.6 is 0 Å². The molecule has 2 heterocycles. The van der Waals surface area contributed by atoms with Gasteiger partial charge in [-0.25, -0.2) is 10.0 Å². The number of hydrogen-bond donors (Lipinski definition) is 1. The molecule has 0 aromatic heterocycles. The van der Waals surface area contributed by atoms with E-state index in [4.69, 9.17) is 5.73 Å². The third-order valence-electron chi connectivity index (χ3n) is 5.17. The van der Waals surface area contributed by atoms with Crippen LogP contribution in [0.25, 0.3) is 0 Å². The average Bonchev–Trinajstić information content (AvgIpc) is 2.58. The van der Waals surface area contributed by atoms with Crippen LogP contribution in [0.4, 0.5) is 0 Å². The summed E-state index contributed by atoms with van der Waals surface area (Å²) in [5.74, 6) is 0.0511. The molecule has 126 valence electrons. The van der Waals surface area contributed by atoms with E-state index in [0.29, 0.717) is 6.54 Å². The minimum Gasteiger partial charge on any atom is -0.306 e. The third-order valence-corrected chi connectivity index (χ3v) is 5.17. The van der Waals surface area contributed by atoms with Crippen LogP contribution in [0.2, 0.25) is 0 Å². The van der Waals surface area contributed by atoms with E-state index in [1.54, 1.807) is 6.92 Å². The molecule has 2 aliphatic rings. The first-order valence-electron chi connectivity index (χ1n) is 8.68. The lowest BCUT2D eigenvalue weighted by atomic mass is 10.00. The zero-order valence-corrected chi connectivity index (χ0v) is 14.1. The highest BCUT2D eigenvalue weighted by molar-refractivity contribution is 5.85. The van der Waals surface area contributed by atoms with Gasteiger partial charge in [-0.2, -0.15) is 0 Å². The van der Waals surface area contributed by atoms with Crippen molar-refractivity contribution in [3.63, 3.8) is 0 Å². The van der Waals surface area contributed by atoms with Gasteiger partial charge in [0.2, 0.25) is 0 Å². The molecule has 5 heteroatoms.